The Hall–Kier alpha value is -1.90. The van der Waals surface area contributed by atoms with E-state index in [1.165, 1.54) is 0 Å². The summed E-state index contributed by atoms with van der Waals surface area (Å²) in [6.45, 7) is 7.64. The predicted octanol–water partition coefficient (Wildman–Crippen LogP) is 1.46. The molecule has 0 aromatic heterocycles. The number of nitrogens with one attached hydrogen (secondary N) is 1. The highest BCUT2D eigenvalue weighted by Crippen LogP contribution is 2.13. The van der Waals surface area contributed by atoms with Gasteiger partial charge in [0, 0.05) is 31.9 Å². The summed E-state index contributed by atoms with van der Waals surface area (Å²) in [4.78, 5) is 16.4. The summed E-state index contributed by atoms with van der Waals surface area (Å²) in [7, 11) is 0. The number of carbonyl (C=O) groups is 1. The molecule has 2 rings (SSSR count). The minimum absolute atomic E-state index is 0.0195. The molecule has 112 valence electrons. The van der Waals surface area contributed by atoms with Crippen molar-refractivity contribution in [2.45, 2.75) is 19.9 Å². The summed E-state index contributed by atoms with van der Waals surface area (Å²) in [5, 5.41) is 11.9. The molecular formula is C16H22N4O. The van der Waals surface area contributed by atoms with Crippen LogP contribution >= 0.6 is 0 Å². The normalized spacial score (nSPS) is 18.0. The number of nitrogens with zero attached hydrogens (tertiary/aromatic N) is 3. The fourth-order valence-electron chi connectivity index (χ4n) is 2.50. The first-order chi connectivity index (χ1) is 10.1. The van der Waals surface area contributed by atoms with E-state index in [1.807, 2.05) is 38.1 Å². The molecule has 1 aliphatic rings. The fraction of sp³-hybridized carbons (Fsp3) is 0.500. The van der Waals surface area contributed by atoms with Gasteiger partial charge in [-0.1, -0.05) is 18.2 Å². The van der Waals surface area contributed by atoms with Gasteiger partial charge in [0.05, 0.1) is 18.7 Å². The highest BCUT2D eigenvalue weighted by Gasteiger charge is 2.22. The van der Waals surface area contributed by atoms with E-state index >= 15 is 0 Å². The highest BCUT2D eigenvalue weighted by atomic mass is 16.2. The second-order valence-electron chi connectivity index (χ2n) is 5.48. The molecule has 0 aliphatic carbocycles. The van der Waals surface area contributed by atoms with Gasteiger partial charge in [-0.2, -0.15) is 5.26 Å². The maximum absolute atomic E-state index is 12.1. The van der Waals surface area contributed by atoms with Crippen molar-refractivity contribution in [1.29, 1.82) is 5.26 Å². The average Bonchev–Trinajstić information content (AvgIpc) is 2.49. The SMILES string of the molecule is Cc1ccccc1NC(=O)CN1CCN(C(C)C#N)CC1. The zero-order valence-corrected chi connectivity index (χ0v) is 12.7. The van der Waals surface area contributed by atoms with E-state index in [2.05, 4.69) is 21.2 Å². The molecule has 1 N–H and O–H groups in total. The minimum Gasteiger partial charge on any atom is -0.325 e. The minimum atomic E-state index is -0.0482. The van der Waals surface area contributed by atoms with E-state index in [1.54, 1.807) is 0 Å². The molecule has 5 nitrogen and oxygen atoms in total. The van der Waals surface area contributed by atoms with Crippen LogP contribution in [0.1, 0.15) is 12.5 Å². The summed E-state index contributed by atoms with van der Waals surface area (Å²) >= 11 is 0. The summed E-state index contributed by atoms with van der Waals surface area (Å²) in [5.74, 6) is 0.0195. The van der Waals surface area contributed by atoms with E-state index in [0.717, 1.165) is 37.4 Å². The second kappa shape index (κ2) is 7.21. The van der Waals surface area contributed by atoms with Gasteiger partial charge in [-0.15, -0.1) is 0 Å². The molecule has 1 aliphatic heterocycles. The second-order valence-corrected chi connectivity index (χ2v) is 5.48. The lowest BCUT2D eigenvalue weighted by molar-refractivity contribution is -0.117. The van der Waals surface area contributed by atoms with E-state index in [9.17, 15) is 4.79 Å². The van der Waals surface area contributed by atoms with Gasteiger partial charge in [0.1, 0.15) is 0 Å². The van der Waals surface area contributed by atoms with E-state index < -0.39 is 0 Å². The molecule has 1 saturated heterocycles. The zero-order chi connectivity index (χ0) is 15.2. The molecule has 5 heteroatoms. The third-order valence-electron chi connectivity index (χ3n) is 3.93. The maximum Gasteiger partial charge on any atom is 0.238 e. The molecule has 1 amide bonds. The van der Waals surface area contributed by atoms with Crippen molar-refractivity contribution in [2.75, 3.05) is 38.0 Å². The van der Waals surface area contributed by atoms with Crippen LogP contribution in [0.3, 0.4) is 0 Å². The van der Waals surface area contributed by atoms with Gasteiger partial charge < -0.3 is 5.32 Å². The number of benzene rings is 1. The van der Waals surface area contributed by atoms with E-state index in [-0.39, 0.29) is 11.9 Å². The van der Waals surface area contributed by atoms with Crippen molar-refractivity contribution in [3.05, 3.63) is 29.8 Å². The first-order valence-corrected chi connectivity index (χ1v) is 7.31. The molecule has 1 atom stereocenters. The van der Waals surface area contributed by atoms with Gasteiger partial charge >= 0.3 is 0 Å². The number of rotatable bonds is 4. The maximum atomic E-state index is 12.1. The number of aryl methyl sites for hydroxylation is 1. The van der Waals surface area contributed by atoms with Crippen LogP contribution in [0, 0.1) is 18.3 Å². The van der Waals surface area contributed by atoms with E-state index in [4.69, 9.17) is 5.26 Å². The first kappa shape index (κ1) is 15.5. The van der Waals surface area contributed by atoms with Gasteiger partial charge in [-0.05, 0) is 25.5 Å². The molecule has 1 fully saturated rings. The molecule has 1 unspecified atom stereocenters. The van der Waals surface area contributed by atoms with Crippen LogP contribution in [0.4, 0.5) is 5.69 Å². The lowest BCUT2D eigenvalue weighted by Crippen LogP contribution is -2.50. The van der Waals surface area contributed by atoms with Crippen molar-refractivity contribution in [3.8, 4) is 6.07 Å². The quantitative estimate of drug-likeness (QED) is 0.910. The highest BCUT2D eigenvalue weighted by molar-refractivity contribution is 5.92. The summed E-state index contributed by atoms with van der Waals surface area (Å²) in [5.41, 5.74) is 1.94. The topological polar surface area (TPSA) is 59.4 Å². The molecular weight excluding hydrogens is 264 g/mol. The Balaban J connectivity index is 1.80. The molecule has 0 saturated carbocycles. The van der Waals surface area contributed by atoms with Crippen LogP contribution in [-0.2, 0) is 4.79 Å². The van der Waals surface area contributed by atoms with Gasteiger partial charge in [-0.3, -0.25) is 14.6 Å². The predicted molar refractivity (Wildman–Crippen MR) is 82.9 cm³/mol. The zero-order valence-electron chi connectivity index (χ0n) is 12.7. The molecule has 1 aromatic carbocycles. The summed E-state index contributed by atoms with van der Waals surface area (Å²) < 4.78 is 0. The van der Waals surface area contributed by atoms with Gasteiger partial charge in [0.25, 0.3) is 0 Å². The Labute approximate surface area is 126 Å². The van der Waals surface area contributed by atoms with E-state index in [0.29, 0.717) is 6.54 Å². The molecule has 0 radical (unpaired) electrons. The van der Waals surface area contributed by atoms with Crippen LogP contribution in [0.2, 0.25) is 0 Å². The smallest absolute Gasteiger partial charge is 0.238 e. The number of piperazine rings is 1. The molecule has 1 heterocycles. The Kier molecular flexibility index (Phi) is 5.32. The van der Waals surface area contributed by atoms with Gasteiger partial charge in [0.15, 0.2) is 0 Å². The lowest BCUT2D eigenvalue weighted by Gasteiger charge is -2.35. The largest absolute Gasteiger partial charge is 0.325 e. The lowest BCUT2D eigenvalue weighted by atomic mass is 10.2. The summed E-state index contributed by atoms with van der Waals surface area (Å²) in [6, 6.07) is 9.99. The van der Waals surface area contributed by atoms with Crippen molar-refractivity contribution < 1.29 is 4.79 Å². The number of nitriles is 1. The summed E-state index contributed by atoms with van der Waals surface area (Å²) in [6.07, 6.45) is 0. The number of hydrogen-bond donors (Lipinski definition) is 1. The Bertz CT molecular complexity index is 529. The van der Waals surface area contributed by atoms with Crippen LogP contribution in [0.15, 0.2) is 24.3 Å². The third kappa shape index (κ3) is 4.28. The number of amides is 1. The average molecular weight is 286 g/mol. The standard InChI is InChI=1S/C16H22N4O/c1-13-5-3-4-6-15(13)18-16(21)12-19-7-9-20(10-8-19)14(2)11-17/h3-6,14H,7-10,12H2,1-2H3,(H,18,21). The Morgan fingerprint density at radius 3 is 2.62 bits per heavy atom. The monoisotopic (exact) mass is 286 g/mol. The van der Waals surface area contributed by atoms with Crippen LogP contribution < -0.4 is 5.32 Å². The van der Waals surface area contributed by atoms with Crippen LogP contribution in [-0.4, -0.2) is 54.5 Å². The fourth-order valence-corrected chi connectivity index (χ4v) is 2.50. The van der Waals surface area contributed by atoms with Crippen molar-refractivity contribution in [2.24, 2.45) is 0 Å². The van der Waals surface area contributed by atoms with Crippen molar-refractivity contribution in [1.82, 2.24) is 9.80 Å². The Morgan fingerprint density at radius 1 is 1.33 bits per heavy atom. The Morgan fingerprint density at radius 2 is 2.00 bits per heavy atom. The first-order valence-electron chi connectivity index (χ1n) is 7.31. The number of anilines is 1. The number of carbonyl (C=O) groups excluding carboxylic acids is 1. The van der Waals surface area contributed by atoms with Gasteiger partial charge in [0.2, 0.25) is 5.91 Å². The number of para-hydroxylation sites is 1. The number of hydrogen-bond acceptors (Lipinski definition) is 4. The van der Waals surface area contributed by atoms with Gasteiger partial charge in [-0.25, -0.2) is 0 Å². The molecule has 21 heavy (non-hydrogen) atoms. The van der Waals surface area contributed by atoms with Crippen LogP contribution in [0.25, 0.3) is 0 Å². The van der Waals surface area contributed by atoms with Crippen molar-refractivity contribution >= 4 is 11.6 Å². The van der Waals surface area contributed by atoms with Crippen molar-refractivity contribution in [3.63, 3.8) is 0 Å². The molecule has 0 spiro atoms. The molecule has 0 bridgehead atoms. The third-order valence-corrected chi connectivity index (χ3v) is 3.93. The molecule has 1 aromatic rings. The van der Waals surface area contributed by atoms with Crippen LogP contribution in [0.5, 0.6) is 0 Å².